The minimum Gasteiger partial charge on any atom is -0.423 e. The van der Waals surface area contributed by atoms with Crippen LogP contribution in [0.5, 0.6) is 5.75 Å². The number of nitrogens with one attached hydrogen (secondary N) is 1. The van der Waals surface area contributed by atoms with Crippen LogP contribution in [-0.4, -0.2) is 20.5 Å². The van der Waals surface area contributed by atoms with E-state index >= 15 is 0 Å². The molecule has 0 atom stereocenters. The molecule has 3 aromatic rings. The van der Waals surface area contributed by atoms with Gasteiger partial charge in [0.05, 0.1) is 11.1 Å². The monoisotopic (exact) mass is 383 g/mol. The van der Waals surface area contributed by atoms with Gasteiger partial charge in [-0.1, -0.05) is 11.6 Å². The Bertz CT molecular complexity index is 1140. The van der Waals surface area contributed by atoms with Crippen LogP contribution in [0.4, 0.5) is 0 Å². The second kappa shape index (κ2) is 6.93. The molecule has 0 bridgehead atoms. The number of carbonyl (C=O) groups is 1. The zero-order chi connectivity index (χ0) is 19.8. The third-order valence-corrected chi connectivity index (χ3v) is 4.07. The van der Waals surface area contributed by atoms with Gasteiger partial charge in [0.2, 0.25) is 0 Å². The number of benzene rings is 1. The number of fused-ring (bicyclic) bond motifs is 1. The summed E-state index contributed by atoms with van der Waals surface area (Å²) < 4.78 is 6.65. The summed E-state index contributed by atoms with van der Waals surface area (Å²) in [5, 5.41) is 0.798. The van der Waals surface area contributed by atoms with Crippen molar-refractivity contribution in [3.05, 3.63) is 57.2 Å². The van der Waals surface area contributed by atoms with Gasteiger partial charge in [0.15, 0.2) is 5.75 Å². The molecule has 1 N–H and O–H groups in total. The highest BCUT2D eigenvalue weighted by atomic mass is 35.5. The van der Waals surface area contributed by atoms with Crippen LogP contribution < -0.4 is 10.3 Å². The third-order valence-electron chi connectivity index (χ3n) is 3.82. The molecule has 0 spiro atoms. The Morgan fingerprint density at radius 3 is 2.56 bits per heavy atom. The molecule has 27 heavy (non-hydrogen) atoms. The Hall–Kier alpha value is -3.04. The van der Waals surface area contributed by atoms with Crippen molar-refractivity contribution in [3.63, 3.8) is 0 Å². The van der Waals surface area contributed by atoms with Crippen LogP contribution in [0.15, 0.2) is 35.4 Å². The first-order valence-corrected chi connectivity index (χ1v) is 8.64. The van der Waals surface area contributed by atoms with Crippen molar-refractivity contribution < 1.29 is 9.53 Å². The van der Waals surface area contributed by atoms with E-state index in [-0.39, 0.29) is 11.1 Å². The van der Waals surface area contributed by atoms with Crippen LogP contribution in [0.25, 0.3) is 11.0 Å². The summed E-state index contributed by atoms with van der Waals surface area (Å²) in [6.07, 6.45) is 1.33. The molecule has 3 rings (SSSR count). The van der Waals surface area contributed by atoms with Crippen molar-refractivity contribution >= 4 is 28.6 Å². The van der Waals surface area contributed by atoms with Crippen molar-refractivity contribution in [2.24, 2.45) is 5.41 Å². The number of aryl methyl sites for hydroxylation is 1. The fourth-order valence-corrected chi connectivity index (χ4v) is 2.41. The smallest absolute Gasteiger partial charge is 0.316 e. The average Bonchev–Trinajstić information content (AvgIpc) is 2.91. The van der Waals surface area contributed by atoms with E-state index < -0.39 is 16.9 Å². The molecular formula is C20H18ClN3O3. The van der Waals surface area contributed by atoms with Crippen LogP contribution >= 0.6 is 11.6 Å². The molecule has 138 valence electrons. The lowest BCUT2D eigenvalue weighted by Crippen LogP contribution is -2.26. The minimum atomic E-state index is -0.703. The lowest BCUT2D eigenvalue weighted by Gasteiger charge is -2.16. The predicted octanol–water partition coefficient (Wildman–Crippen LogP) is 3.50. The van der Waals surface area contributed by atoms with Gasteiger partial charge in [-0.2, -0.15) is 0 Å². The van der Waals surface area contributed by atoms with E-state index in [4.69, 9.17) is 16.3 Å². The number of hydrogen-bond acceptors (Lipinski definition) is 4. The number of halogens is 1. The van der Waals surface area contributed by atoms with Crippen molar-refractivity contribution in [1.29, 1.82) is 0 Å². The number of aromatic nitrogens is 3. The molecule has 0 aliphatic rings. The summed E-state index contributed by atoms with van der Waals surface area (Å²) in [7, 11) is 0. The SMILES string of the molecule is Cc1[nH]c2ncn(C#Cc3ccc(Cl)cc3)c(=O)c2c1OC(=O)C(C)(C)C. The van der Waals surface area contributed by atoms with E-state index in [2.05, 4.69) is 21.9 Å². The van der Waals surface area contributed by atoms with E-state index in [1.165, 1.54) is 10.9 Å². The molecule has 1 aromatic carbocycles. The number of carbonyl (C=O) groups excluding carboxylic acids is 1. The number of aromatic amines is 1. The molecule has 0 aliphatic carbocycles. The topological polar surface area (TPSA) is 77.0 Å². The summed E-state index contributed by atoms with van der Waals surface area (Å²) in [6.45, 7) is 6.95. The molecule has 0 radical (unpaired) electrons. The lowest BCUT2D eigenvalue weighted by molar-refractivity contribution is -0.142. The number of esters is 1. The van der Waals surface area contributed by atoms with Gasteiger partial charge in [-0.05, 0) is 57.9 Å². The molecule has 2 aromatic heterocycles. The first-order chi connectivity index (χ1) is 12.7. The van der Waals surface area contributed by atoms with Crippen molar-refractivity contribution in [2.75, 3.05) is 0 Å². The Morgan fingerprint density at radius 2 is 1.93 bits per heavy atom. The summed E-state index contributed by atoms with van der Waals surface area (Å²) in [5.41, 5.74) is 0.485. The van der Waals surface area contributed by atoms with Gasteiger partial charge in [0.25, 0.3) is 5.56 Å². The zero-order valence-corrected chi connectivity index (χ0v) is 16.1. The fourth-order valence-electron chi connectivity index (χ4n) is 2.29. The summed E-state index contributed by atoms with van der Waals surface area (Å²) in [6, 6.07) is 9.70. The molecule has 0 saturated carbocycles. The summed E-state index contributed by atoms with van der Waals surface area (Å²) in [4.78, 5) is 32.3. The summed E-state index contributed by atoms with van der Waals surface area (Å²) >= 11 is 5.85. The molecule has 0 fully saturated rings. The van der Waals surface area contributed by atoms with Crippen LogP contribution in [0.1, 0.15) is 32.0 Å². The highest BCUT2D eigenvalue weighted by molar-refractivity contribution is 6.30. The molecule has 2 heterocycles. The third kappa shape index (κ3) is 3.88. The predicted molar refractivity (Wildman–Crippen MR) is 104 cm³/mol. The average molecular weight is 384 g/mol. The number of hydrogen-bond donors (Lipinski definition) is 1. The quantitative estimate of drug-likeness (QED) is 0.515. The van der Waals surface area contributed by atoms with E-state index in [0.717, 1.165) is 0 Å². The van der Waals surface area contributed by atoms with E-state index in [9.17, 15) is 9.59 Å². The van der Waals surface area contributed by atoms with Gasteiger partial charge in [-0.3, -0.25) is 9.59 Å². The van der Waals surface area contributed by atoms with Crippen molar-refractivity contribution in [1.82, 2.24) is 14.5 Å². The first kappa shape index (κ1) is 18.7. The number of H-pyrrole nitrogens is 1. The lowest BCUT2D eigenvalue weighted by atomic mass is 9.97. The van der Waals surface area contributed by atoms with Crippen molar-refractivity contribution in [3.8, 4) is 17.7 Å². The second-order valence-corrected chi connectivity index (χ2v) is 7.54. The van der Waals surface area contributed by atoms with Gasteiger partial charge in [0.1, 0.15) is 17.4 Å². The van der Waals surface area contributed by atoms with Crippen LogP contribution in [0.3, 0.4) is 0 Å². The number of ether oxygens (including phenoxy) is 1. The Balaban J connectivity index is 2.07. The summed E-state index contributed by atoms with van der Waals surface area (Å²) in [5.74, 6) is 2.63. The molecular weight excluding hydrogens is 366 g/mol. The Labute approximate surface area is 161 Å². The highest BCUT2D eigenvalue weighted by Crippen LogP contribution is 2.28. The fraction of sp³-hybridized carbons (Fsp3) is 0.250. The first-order valence-electron chi connectivity index (χ1n) is 8.26. The van der Waals surface area contributed by atoms with Gasteiger partial charge in [-0.25, -0.2) is 9.55 Å². The van der Waals surface area contributed by atoms with Crippen LogP contribution in [0.2, 0.25) is 5.02 Å². The minimum absolute atomic E-state index is 0.185. The van der Waals surface area contributed by atoms with E-state index in [1.807, 2.05) is 0 Å². The van der Waals surface area contributed by atoms with Crippen LogP contribution in [-0.2, 0) is 4.79 Å². The second-order valence-electron chi connectivity index (χ2n) is 7.11. The van der Waals surface area contributed by atoms with Crippen molar-refractivity contribution in [2.45, 2.75) is 27.7 Å². The maximum atomic E-state index is 12.9. The standard InChI is InChI=1S/C20H18ClN3O3/c1-12-16(27-19(26)20(2,3)4)15-17(23-12)22-11-24(18(15)25)10-9-13-5-7-14(21)8-6-13/h5-8,11,23H,1-4H3. The maximum absolute atomic E-state index is 12.9. The molecule has 0 saturated heterocycles. The van der Waals surface area contributed by atoms with Gasteiger partial charge >= 0.3 is 5.97 Å². The molecule has 7 heteroatoms. The Kier molecular flexibility index (Phi) is 4.81. The van der Waals surface area contributed by atoms with E-state index in [0.29, 0.717) is 21.9 Å². The van der Waals surface area contributed by atoms with Gasteiger partial charge in [0, 0.05) is 16.6 Å². The highest BCUT2D eigenvalue weighted by Gasteiger charge is 2.27. The van der Waals surface area contributed by atoms with Gasteiger partial charge < -0.3 is 9.72 Å². The maximum Gasteiger partial charge on any atom is 0.316 e. The van der Waals surface area contributed by atoms with E-state index in [1.54, 1.807) is 52.0 Å². The molecule has 0 unspecified atom stereocenters. The van der Waals surface area contributed by atoms with Crippen LogP contribution in [0, 0.1) is 24.3 Å². The molecule has 0 aliphatic heterocycles. The normalized spacial score (nSPS) is 11.1. The number of nitrogens with zero attached hydrogens (tertiary/aromatic N) is 2. The molecule has 6 nitrogen and oxygen atoms in total. The zero-order valence-electron chi connectivity index (χ0n) is 15.4. The largest absolute Gasteiger partial charge is 0.423 e. The van der Waals surface area contributed by atoms with Gasteiger partial charge in [-0.15, -0.1) is 0 Å². The molecule has 0 amide bonds. The number of rotatable bonds is 1. The Morgan fingerprint density at radius 1 is 1.26 bits per heavy atom.